The van der Waals surface area contributed by atoms with Gasteiger partial charge in [0.15, 0.2) is 5.11 Å². The number of hydrazine groups is 1. The Bertz CT molecular complexity index is 493. The summed E-state index contributed by atoms with van der Waals surface area (Å²) in [7, 11) is 1.91. The second-order valence-electron chi connectivity index (χ2n) is 6.07. The second kappa shape index (κ2) is 5.29. The molecule has 1 fully saturated rings. The van der Waals surface area contributed by atoms with Crippen LogP contribution in [-0.2, 0) is 0 Å². The molecule has 5 nitrogen and oxygen atoms in total. The molecule has 1 aromatic rings. The van der Waals surface area contributed by atoms with E-state index in [0.717, 1.165) is 5.69 Å². The van der Waals surface area contributed by atoms with Crippen molar-refractivity contribution in [3.8, 4) is 0 Å². The lowest BCUT2D eigenvalue weighted by molar-refractivity contribution is 0.0562. The molecule has 2 rings (SSSR count). The molecule has 20 heavy (non-hydrogen) atoms. The highest BCUT2D eigenvalue weighted by Crippen LogP contribution is 2.33. The number of nitrogens with zero attached hydrogens (tertiary/aromatic N) is 2. The Kier molecular flexibility index (Phi) is 4.02. The average Bonchev–Trinajstić information content (AvgIpc) is 2.60. The molecular formula is C14H22N4OS. The third-order valence-corrected chi connectivity index (χ3v) is 3.94. The van der Waals surface area contributed by atoms with E-state index in [1.54, 1.807) is 0 Å². The summed E-state index contributed by atoms with van der Waals surface area (Å²) < 4.78 is 0. The molecule has 1 aliphatic rings. The van der Waals surface area contributed by atoms with E-state index in [0.29, 0.717) is 11.5 Å². The van der Waals surface area contributed by atoms with Crippen molar-refractivity contribution < 1.29 is 5.21 Å². The van der Waals surface area contributed by atoms with E-state index >= 15 is 0 Å². The third-order valence-electron chi connectivity index (χ3n) is 3.48. The van der Waals surface area contributed by atoms with Crippen LogP contribution in [0.3, 0.4) is 0 Å². The molecule has 1 saturated heterocycles. The molecule has 1 atom stereocenters. The fraction of sp³-hybridized carbons (Fsp3) is 0.500. The van der Waals surface area contributed by atoms with Gasteiger partial charge in [-0.05, 0) is 45.1 Å². The van der Waals surface area contributed by atoms with Gasteiger partial charge in [-0.1, -0.05) is 18.2 Å². The lowest BCUT2D eigenvalue weighted by atomic mass is 9.91. The van der Waals surface area contributed by atoms with Crippen molar-refractivity contribution >= 4 is 23.0 Å². The second-order valence-corrected chi connectivity index (χ2v) is 6.44. The average molecular weight is 294 g/mol. The van der Waals surface area contributed by atoms with Gasteiger partial charge < -0.3 is 5.21 Å². The Morgan fingerprint density at radius 3 is 2.50 bits per heavy atom. The maximum atomic E-state index is 9.31. The van der Waals surface area contributed by atoms with Crippen molar-refractivity contribution in [2.24, 2.45) is 0 Å². The molecule has 6 heteroatoms. The molecule has 0 spiro atoms. The zero-order valence-corrected chi connectivity index (χ0v) is 13.2. The van der Waals surface area contributed by atoms with Gasteiger partial charge in [-0.2, -0.15) is 5.48 Å². The van der Waals surface area contributed by atoms with Crippen LogP contribution in [-0.4, -0.2) is 33.6 Å². The highest BCUT2D eigenvalue weighted by atomic mass is 32.1. The van der Waals surface area contributed by atoms with Gasteiger partial charge in [0.25, 0.3) is 0 Å². The maximum absolute atomic E-state index is 9.31. The first-order valence-corrected chi connectivity index (χ1v) is 7.02. The molecule has 0 aromatic heterocycles. The standard InChI is InChI=1S/C14H22N4OS/c1-13(2,16-19)10-14(3)15-17(4)12(20)18(14)11-8-6-5-7-9-11/h5-9,15-16,19H,10H2,1-4H3. The molecule has 0 aliphatic carbocycles. The Hall–Kier alpha value is -1.21. The molecule has 0 radical (unpaired) electrons. The minimum atomic E-state index is -0.435. The molecule has 1 aliphatic heterocycles. The summed E-state index contributed by atoms with van der Waals surface area (Å²) in [5.41, 5.74) is 5.94. The van der Waals surface area contributed by atoms with E-state index in [1.165, 1.54) is 0 Å². The van der Waals surface area contributed by atoms with Gasteiger partial charge in [0, 0.05) is 24.7 Å². The maximum Gasteiger partial charge on any atom is 0.192 e. The van der Waals surface area contributed by atoms with Crippen LogP contribution in [0.15, 0.2) is 30.3 Å². The van der Waals surface area contributed by atoms with Gasteiger partial charge in [0.05, 0.1) is 0 Å². The van der Waals surface area contributed by atoms with Crippen LogP contribution in [0.25, 0.3) is 0 Å². The molecule has 0 saturated carbocycles. The molecular weight excluding hydrogens is 272 g/mol. The smallest absolute Gasteiger partial charge is 0.192 e. The van der Waals surface area contributed by atoms with E-state index in [4.69, 9.17) is 12.2 Å². The van der Waals surface area contributed by atoms with Gasteiger partial charge >= 0.3 is 0 Å². The summed E-state index contributed by atoms with van der Waals surface area (Å²) in [6.45, 7) is 5.98. The lowest BCUT2D eigenvalue weighted by Gasteiger charge is -2.39. The zero-order chi connectivity index (χ0) is 15.0. The van der Waals surface area contributed by atoms with E-state index in [-0.39, 0.29) is 0 Å². The summed E-state index contributed by atoms with van der Waals surface area (Å²) in [5, 5.41) is 11.9. The highest BCUT2D eigenvalue weighted by molar-refractivity contribution is 7.80. The van der Waals surface area contributed by atoms with E-state index in [2.05, 4.69) is 22.7 Å². The van der Waals surface area contributed by atoms with Crippen molar-refractivity contribution in [3.63, 3.8) is 0 Å². The molecule has 1 aromatic carbocycles. The highest BCUT2D eigenvalue weighted by Gasteiger charge is 2.46. The Morgan fingerprint density at radius 1 is 1.35 bits per heavy atom. The summed E-state index contributed by atoms with van der Waals surface area (Å²) in [5.74, 6) is 0. The van der Waals surface area contributed by atoms with Crippen molar-refractivity contribution in [1.82, 2.24) is 15.9 Å². The van der Waals surface area contributed by atoms with Crippen LogP contribution in [0.2, 0.25) is 0 Å². The van der Waals surface area contributed by atoms with Gasteiger partial charge in [-0.3, -0.25) is 9.91 Å². The van der Waals surface area contributed by atoms with Gasteiger partial charge in [0.2, 0.25) is 0 Å². The normalized spacial score (nSPS) is 23.6. The van der Waals surface area contributed by atoms with Crippen molar-refractivity contribution in [2.45, 2.75) is 38.4 Å². The van der Waals surface area contributed by atoms with E-state index in [9.17, 15) is 5.21 Å². The molecule has 3 N–H and O–H groups in total. The number of hydrogen-bond donors (Lipinski definition) is 3. The van der Waals surface area contributed by atoms with Gasteiger partial charge in [0.1, 0.15) is 5.66 Å². The summed E-state index contributed by atoms with van der Waals surface area (Å²) in [6, 6.07) is 10.0. The topological polar surface area (TPSA) is 50.8 Å². The lowest BCUT2D eigenvalue weighted by Crippen LogP contribution is -2.57. The van der Waals surface area contributed by atoms with Crippen molar-refractivity contribution in [2.75, 3.05) is 11.9 Å². The molecule has 110 valence electrons. The van der Waals surface area contributed by atoms with Crippen LogP contribution in [0.4, 0.5) is 5.69 Å². The predicted octanol–water partition coefficient (Wildman–Crippen LogP) is 2.09. The molecule has 1 heterocycles. The summed E-state index contributed by atoms with van der Waals surface area (Å²) in [4.78, 5) is 2.08. The third kappa shape index (κ3) is 2.78. The first-order chi connectivity index (χ1) is 9.29. The van der Waals surface area contributed by atoms with Crippen LogP contribution < -0.4 is 15.8 Å². The number of hydrogen-bond acceptors (Lipinski definition) is 4. The number of nitrogens with one attached hydrogen (secondary N) is 2. The number of rotatable bonds is 4. The Labute approximate surface area is 125 Å². The molecule has 0 bridgehead atoms. The number of anilines is 1. The zero-order valence-electron chi connectivity index (χ0n) is 12.3. The first kappa shape index (κ1) is 15.2. The number of thiocarbonyl (C=S) groups is 1. The van der Waals surface area contributed by atoms with Crippen LogP contribution >= 0.6 is 12.2 Å². The molecule has 1 unspecified atom stereocenters. The summed E-state index contributed by atoms with van der Waals surface area (Å²) >= 11 is 5.53. The van der Waals surface area contributed by atoms with Gasteiger partial charge in [-0.15, -0.1) is 0 Å². The fourth-order valence-electron chi connectivity index (χ4n) is 2.81. The van der Waals surface area contributed by atoms with Crippen molar-refractivity contribution in [1.29, 1.82) is 0 Å². The van der Waals surface area contributed by atoms with E-state index < -0.39 is 11.2 Å². The quantitative estimate of drug-likeness (QED) is 0.584. The van der Waals surface area contributed by atoms with Crippen molar-refractivity contribution in [3.05, 3.63) is 30.3 Å². The molecule has 0 amide bonds. The van der Waals surface area contributed by atoms with E-state index in [1.807, 2.05) is 56.2 Å². The van der Waals surface area contributed by atoms with Crippen LogP contribution in [0, 0.1) is 0 Å². The number of hydroxylamine groups is 1. The van der Waals surface area contributed by atoms with Crippen LogP contribution in [0.1, 0.15) is 27.2 Å². The number of para-hydroxylation sites is 1. The largest absolute Gasteiger partial charge is 0.316 e. The van der Waals surface area contributed by atoms with Gasteiger partial charge in [-0.25, -0.2) is 5.43 Å². The summed E-state index contributed by atoms with van der Waals surface area (Å²) in [6.07, 6.45) is 0.663. The Morgan fingerprint density at radius 2 is 1.95 bits per heavy atom. The predicted molar refractivity (Wildman–Crippen MR) is 84.4 cm³/mol. The Balaban J connectivity index is 2.38. The van der Waals surface area contributed by atoms with Crippen LogP contribution in [0.5, 0.6) is 0 Å². The SMILES string of the molecule is CN1NC(C)(CC(C)(C)NO)N(c2ccccc2)C1=S. The minimum absolute atomic E-state index is 0.410. The first-order valence-electron chi connectivity index (χ1n) is 6.61. The number of benzene rings is 1. The fourth-order valence-corrected chi connectivity index (χ4v) is 3.16. The minimum Gasteiger partial charge on any atom is -0.316 e. The monoisotopic (exact) mass is 294 g/mol.